The summed E-state index contributed by atoms with van der Waals surface area (Å²) in [5.41, 5.74) is 6.65. The minimum Gasteiger partial charge on any atom is -0.462 e. The first kappa shape index (κ1) is 14.7. The molecule has 2 aromatic rings. The summed E-state index contributed by atoms with van der Waals surface area (Å²) in [6, 6.07) is 5.24. The van der Waals surface area contributed by atoms with Gasteiger partial charge in [0, 0.05) is 21.8 Å². The fourth-order valence-electron chi connectivity index (χ4n) is 1.73. The zero-order chi connectivity index (χ0) is 14.7. The summed E-state index contributed by atoms with van der Waals surface area (Å²) in [6.45, 7) is 2.32. The van der Waals surface area contributed by atoms with E-state index in [0.717, 1.165) is 0 Å². The third kappa shape index (κ3) is 3.05. The van der Waals surface area contributed by atoms with E-state index in [1.165, 1.54) is 10.9 Å². The van der Waals surface area contributed by atoms with Crippen LogP contribution in [0.1, 0.15) is 22.8 Å². The largest absolute Gasteiger partial charge is 0.462 e. The molecule has 0 saturated carbocycles. The Morgan fingerprint density at radius 3 is 2.65 bits per heavy atom. The summed E-state index contributed by atoms with van der Waals surface area (Å²) in [6.07, 6.45) is 1.52. The number of halogens is 2. The Labute approximate surface area is 126 Å². The maximum atomic E-state index is 11.7. The monoisotopic (exact) mass is 313 g/mol. The quantitative estimate of drug-likeness (QED) is 0.881. The lowest BCUT2D eigenvalue weighted by Gasteiger charge is -2.06. The second-order valence-corrected chi connectivity index (χ2v) is 4.86. The van der Waals surface area contributed by atoms with Crippen molar-refractivity contribution in [2.45, 2.75) is 13.5 Å². The highest BCUT2D eigenvalue weighted by Gasteiger charge is 2.16. The molecule has 0 saturated heterocycles. The van der Waals surface area contributed by atoms with Gasteiger partial charge < -0.3 is 10.5 Å². The molecular formula is C13H13Cl2N3O2. The fourth-order valence-corrected chi connectivity index (χ4v) is 2.25. The number of rotatable bonds is 4. The zero-order valence-corrected chi connectivity index (χ0v) is 12.3. The Balaban J connectivity index is 2.27. The average molecular weight is 314 g/mol. The number of benzene rings is 1. The summed E-state index contributed by atoms with van der Waals surface area (Å²) >= 11 is 12.2. The van der Waals surface area contributed by atoms with Gasteiger partial charge in [0.1, 0.15) is 5.56 Å². The van der Waals surface area contributed by atoms with Gasteiger partial charge in [-0.05, 0) is 19.1 Å². The van der Waals surface area contributed by atoms with Crippen molar-refractivity contribution in [3.63, 3.8) is 0 Å². The summed E-state index contributed by atoms with van der Waals surface area (Å²) in [4.78, 5) is 11.7. The van der Waals surface area contributed by atoms with Crippen LogP contribution in [-0.2, 0) is 11.3 Å². The molecule has 0 aliphatic heterocycles. The molecule has 1 heterocycles. The lowest BCUT2D eigenvalue weighted by molar-refractivity contribution is 0.0527. The number of anilines is 1. The number of ether oxygens (including phenoxy) is 1. The average Bonchev–Trinajstić information content (AvgIpc) is 2.75. The predicted molar refractivity (Wildman–Crippen MR) is 78.2 cm³/mol. The molecule has 20 heavy (non-hydrogen) atoms. The molecule has 0 unspecified atom stereocenters. The van der Waals surface area contributed by atoms with Gasteiger partial charge >= 0.3 is 5.97 Å². The number of aromatic nitrogens is 2. The van der Waals surface area contributed by atoms with Crippen molar-refractivity contribution in [1.29, 1.82) is 0 Å². The summed E-state index contributed by atoms with van der Waals surface area (Å²) in [5, 5.41) is 5.13. The molecule has 5 nitrogen and oxygen atoms in total. The molecule has 0 radical (unpaired) electrons. The summed E-state index contributed by atoms with van der Waals surface area (Å²) in [5.74, 6) is -0.381. The third-order valence-corrected chi connectivity index (χ3v) is 3.38. The van der Waals surface area contributed by atoms with Crippen LogP contribution in [0, 0.1) is 0 Å². The van der Waals surface area contributed by atoms with Gasteiger partial charge in [-0.3, -0.25) is 4.68 Å². The van der Waals surface area contributed by atoms with Gasteiger partial charge in [-0.25, -0.2) is 4.79 Å². The van der Waals surface area contributed by atoms with Crippen molar-refractivity contribution in [1.82, 2.24) is 9.78 Å². The van der Waals surface area contributed by atoms with Crippen LogP contribution in [0.5, 0.6) is 0 Å². The number of carbonyl (C=O) groups excluding carboxylic acids is 1. The molecule has 0 aliphatic rings. The van der Waals surface area contributed by atoms with Crippen molar-refractivity contribution >= 4 is 35.0 Å². The molecule has 0 amide bonds. The molecule has 106 valence electrons. The molecule has 0 spiro atoms. The maximum Gasteiger partial charge on any atom is 0.343 e. The van der Waals surface area contributed by atoms with Gasteiger partial charge in [-0.1, -0.05) is 29.3 Å². The lowest BCUT2D eigenvalue weighted by atomic mass is 10.2. The van der Waals surface area contributed by atoms with Crippen LogP contribution in [0.15, 0.2) is 24.4 Å². The Kier molecular flexibility index (Phi) is 4.52. The van der Waals surface area contributed by atoms with E-state index in [1.807, 2.05) is 0 Å². The van der Waals surface area contributed by atoms with Crippen LogP contribution >= 0.6 is 23.2 Å². The van der Waals surface area contributed by atoms with Crippen molar-refractivity contribution in [2.24, 2.45) is 0 Å². The number of esters is 1. The van der Waals surface area contributed by atoms with E-state index in [-0.39, 0.29) is 18.0 Å². The molecule has 0 atom stereocenters. The summed E-state index contributed by atoms with van der Waals surface area (Å²) in [7, 11) is 0. The van der Waals surface area contributed by atoms with E-state index in [0.29, 0.717) is 22.2 Å². The highest BCUT2D eigenvalue weighted by atomic mass is 35.5. The standard InChI is InChI=1S/C13H13Cl2N3O2/c1-2-20-13(19)9-7-18(17-12(9)16)6-8-10(14)4-3-5-11(8)15/h3-5,7H,2,6H2,1H3,(H2,16,17). The van der Waals surface area contributed by atoms with Crippen LogP contribution < -0.4 is 5.73 Å². The van der Waals surface area contributed by atoms with Crippen LogP contribution in [0.25, 0.3) is 0 Å². The normalized spacial score (nSPS) is 10.6. The number of carbonyl (C=O) groups is 1. The minimum atomic E-state index is -0.499. The van der Waals surface area contributed by atoms with Crippen molar-refractivity contribution in [2.75, 3.05) is 12.3 Å². The van der Waals surface area contributed by atoms with Gasteiger partial charge in [0.2, 0.25) is 0 Å². The molecular weight excluding hydrogens is 301 g/mol. The molecule has 1 aromatic carbocycles. The van der Waals surface area contributed by atoms with Crippen molar-refractivity contribution in [3.05, 3.63) is 45.6 Å². The van der Waals surface area contributed by atoms with E-state index in [9.17, 15) is 4.79 Å². The van der Waals surface area contributed by atoms with E-state index in [1.54, 1.807) is 25.1 Å². The number of nitrogens with two attached hydrogens (primary N) is 1. The molecule has 0 fully saturated rings. The molecule has 0 bridgehead atoms. The number of hydrogen-bond donors (Lipinski definition) is 1. The first-order chi connectivity index (χ1) is 9.52. The Hall–Kier alpha value is -1.72. The van der Waals surface area contributed by atoms with Crippen molar-refractivity contribution < 1.29 is 9.53 Å². The topological polar surface area (TPSA) is 70.1 Å². The third-order valence-electron chi connectivity index (χ3n) is 2.67. The molecule has 7 heteroatoms. The van der Waals surface area contributed by atoms with Crippen molar-refractivity contribution in [3.8, 4) is 0 Å². The first-order valence-corrected chi connectivity index (χ1v) is 6.71. The Bertz CT molecular complexity index is 620. The fraction of sp³-hybridized carbons (Fsp3) is 0.231. The van der Waals surface area contributed by atoms with Crippen LogP contribution in [0.4, 0.5) is 5.82 Å². The summed E-state index contributed by atoms with van der Waals surface area (Å²) < 4.78 is 6.40. The second kappa shape index (κ2) is 6.15. The van der Waals surface area contributed by atoms with Crippen LogP contribution in [0.2, 0.25) is 10.0 Å². The van der Waals surface area contributed by atoms with E-state index >= 15 is 0 Å². The second-order valence-electron chi connectivity index (χ2n) is 4.05. The highest BCUT2D eigenvalue weighted by molar-refractivity contribution is 6.35. The SMILES string of the molecule is CCOC(=O)c1cn(Cc2c(Cl)cccc2Cl)nc1N. The van der Waals surface area contributed by atoms with Gasteiger partial charge in [-0.2, -0.15) is 5.10 Å². The van der Waals surface area contributed by atoms with Crippen LogP contribution in [-0.4, -0.2) is 22.4 Å². The molecule has 1 aromatic heterocycles. The van der Waals surface area contributed by atoms with Gasteiger partial charge in [0.25, 0.3) is 0 Å². The lowest BCUT2D eigenvalue weighted by Crippen LogP contribution is -2.06. The van der Waals surface area contributed by atoms with Crippen LogP contribution in [0.3, 0.4) is 0 Å². The van der Waals surface area contributed by atoms with Gasteiger partial charge in [-0.15, -0.1) is 0 Å². The van der Waals surface area contributed by atoms with E-state index in [2.05, 4.69) is 5.10 Å². The van der Waals surface area contributed by atoms with Gasteiger partial charge in [0.15, 0.2) is 5.82 Å². The van der Waals surface area contributed by atoms with E-state index < -0.39 is 5.97 Å². The molecule has 2 N–H and O–H groups in total. The number of nitrogens with zero attached hydrogens (tertiary/aromatic N) is 2. The van der Waals surface area contributed by atoms with Gasteiger partial charge in [0.05, 0.1) is 13.2 Å². The van der Waals surface area contributed by atoms with E-state index in [4.69, 9.17) is 33.7 Å². The molecule has 2 rings (SSSR count). The Morgan fingerprint density at radius 1 is 1.40 bits per heavy atom. The molecule has 0 aliphatic carbocycles. The maximum absolute atomic E-state index is 11.7. The Morgan fingerprint density at radius 2 is 2.05 bits per heavy atom. The minimum absolute atomic E-state index is 0.117. The number of hydrogen-bond acceptors (Lipinski definition) is 4. The zero-order valence-electron chi connectivity index (χ0n) is 10.8. The number of nitrogen functional groups attached to an aromatic ring is 1. The predicted octanol–water partition coefficient (Wildman–Crippen LogP) is 3.00. The highest BCUT2D eigenvalue weighted by Crippen LogP contribution is 2.25. The first-order valence-electron chi connectivity index (χ1n) is 5.95. The smallest absolute Gasteiger partial charge is 0.343 e.